The van der Waals surface area contributed by atoms with Crippen molar-refractivity contribution in [1.29, 1.82) is 0 Å². The molecule has 2 N–H and O–H groups in total. The minimum absolute atomic E-state index is 0. The molecule has 1 aromatic carbocycles. The number of piperidine rings is 1. The Morgan fingerprint density at radius 1 is 1.20 bits per heavy atom. The van der Waals surface area contributed by atoms with E-state index < -0.39 is 0 Å². The molecule has 0 saturated carbocycles. The van der Waals surface area contributed by atoms with Crippen LogP contribution in [0, 0.1) is 12.8 Å². The largest absolute Gasteiger partial charge is 0.373 e. The van der Waals surface area contributed by atoms with Crippen LogP contribution in [0.4, 0.5) is 0 Å². The number of hydrogen-bond donors (Lipinski definition) is 2. The van der Waals surface area contributed by atoms with Crippen molar-refractivity contribution in [3.63, 3.8) is 0 Å². The molecule has 0 aliphatic carbocycles. The van der Waals surface area contributed by atoms with E-state index >= 15 is 0 Å². The van der Waals surface area contributed by atoms with Crippen LogP contribution in [0.15, 0.2) is 41.4 Å². The van der Waals surface area contributed by atoms with Crippen molar-refractivity contribution < 1.29 is 4.74 Å². The Bertz CT molecular complexity index is 683. The molecule has 30 heavy (non-hydrogen) atoms. The second-order valence-electron chi connectivity index (χ2n) is 8.71. The highest BCUT2D eigenvalue weighted by atomic mass is 127. The zero-order chi connectivity index (χ0) is 20.6. The Balaban J connectivity index is 0.00000320. The Labute approximate surface area is 199 Å². The third-order valence-corrected chi connectivity index (χ3v) is 6.03. The first-order valence-corrected chi connectivity index (χ1v) is 11.1. The number of hydrogen-bond acceptors (Lipinski definition) is 3. The van der Waals surface area contributed by atoms with Crippen molar-refractivity contribution in [3.8, 4) is 0 Å². The Kier molecular flexibility index (Phi) is 10.6. The minimum Gasteiger partial charge on any atom is -0.373 e. The van der Waals surface area contributed by atoms with Crippen molar-refractivity contribution in [1.82, 2.24) is 15.5 Å². The van der Waals surface area contributed by atoms with Crippen LogP contribution in [0.2, 0.25) is 0 Å². The van der Waals surface area contributed by atoms with E-state index in [2.05, 4.69) is 65.2 Å². The molecule has 0 radical (unpaired) electrons. The number of nitrogens with zero attached hydrogens (tertiary/aromatic N) is 2. The molecule has 0 aromatic heterocycles. The maximum Gasteiger partial charge on any atom is 0.191 e. The van der Waals surface area contributed by atoms with Crippen molar-refractivity contribution in [2.24, 2.45) is 10.9 Å². The second kappa shape index (κ2) is 12.7. The summed E-state index contributed by atoms with van der Waals surface area (Å²) in [5.74, 6) is 1.37. The summed E-state index contributed by atoms with van der Waals surface area (Å²) in [5, 5.41) is 7.20. The fourth-order valence-corrected chi connectivity index (χ4v) is 4.41. The average molecular weight is 527 g/mol. The second-order valence-corrected chi connectivity index (χ2v) is 8.71. The lowest BCUT2D eigenvalue weighted by Gasteiger charge is -2.34. The minimum atomic E-state index is 0. The number of halogens is 1. The van der Waals surface area contributed by atoms with Gasteiger partial charge in [-0.2, -0.15) is 0 Å². The molecule has 3 rings (SSSR count). The lowest BCUT2D eigenvalue weighted by Crippen LogP contribution is -2.50. The van der Waals surface area contributed by atoms with Gasteiger partial charge in [0.15, 0.2) is 5.96 Å². The van der Waals surface area contributed by atoms with Gasteiger partial charge in [0.2, 0.25) is 0 Å². The van der Waals surface area contributed by atoms with Crippen LogP contribution in [0.5, 0.6) is 0 Å². The maximum absolute atomic E-state index is 6.16. The number of aryl methyl sites for hydroxylation is 1. The summed E-state index contributed by atoms with van der Waals surface area (Å²) in [5.41, 5.74) is 3.82. The standard InChI is InChI=1S/C24H38N4O.HI/c1-18(2)17-28-13-11-22(12-14-28)27-24(25-4)26-16-21-6-5-15-29-23(21)20-9-7-19(3)8-10-20;/h7-10,21-23H,1,5-6,11-17H2,2-4H3,(H2,25,26,27);1H. The van der Waals surface area contributed by atoms with Crippen LogP contribution >= 0.6 is 24.0 Å². The van der Waals surface area contributed by atoms with E-state index in [-0.39, 0.29) is 30.1 Å². The Morgan fingerprint density at radius 3 is 2.53 bits per heavy atom. The van der Waals surface area contributed by atoms with Crippen LogP contribution in [0.3, 0.4) is 0 Å². The van der Waals surface area contributed by atoms with Gasteiger partial charge in [0.25, 0.3) is 0 Å². The number of benzene rings is 1. The first kappa shape index (κ1) is 25.1. The zero-order valence-electron chi connectivity index (χ0n) is 18.8. The van der Waals surface area contributed by atoms with Gasteiger partial charge >= 0.3 is 0 Å². The number of ether oxygens (including phenoxy) is 1. The molecular formula is C24H39IN4O. The van der Waals surface area contributed by atoms with Gasteiger partial charge in [-0.05, 0) is 45.1 Å². The van der Waals surface area contributed by atoms with Gasteiger partial charge in [-0.15, -0.1) is 24.0 Å². The van der Waals surface area contributed by atoms with E-state index in [1.54, 1.807) is 0 Å². The number of guanidine groups is 1. The quantitative estimate of drug-likeness (QED) is 0.252. The number of nitrogens with one attached hydrogen (secondary N) is 2. The summed E-state index contributed by atoms with van der Waals surface area (Å²) in [6.45, 7) is 13.3. The number of likely N-dealkylation sites (tertiary alicyclic amines) is 1. The Morgan fingerprint density at radius 2 is 1.90 bits per heavy atom. The van der Waals surface area contributed by atoms with Gasteiger partial charge in [0.05, 0.1) is 6.10 Å². The summed E-state index contributed by atoms with van der Waals surface area (Å²) in [4.78, 5) is 6.96. The summed E-state index contributed by atoms with van der Waals surface area (Å²) >= 11 is 0. The van der Waals surface area contributed by atoms with Crippen LogP contribution in [-0.4, -0.2) is 56.7 Å². The Hall–Kier alpha value is -1.12. The summed E-state index contributed by atoms with van der Waals surface area (Å²) in [6.07, 6.45) is 4.77. The van der Waals surface area contributed by atoms with Gasteiger partial charge in [0.1, 0.15) is 0 Å². The molecule has 0 bridgehead atoms. The molecule has 0 amide bonds. The highest BCUT2D eigenvalue weighted by Crippen LogP contribution is 2.33. The topological polar surface area (TPSA) is 48.9 Å². The van der Waals surface area contributed by atoms with Crippen molar-refractivity contribution in [3.05, 3.63) is 47.5 Å². The monoisotopic (exact) mass is 526 g/mol. The fraction of sp³-hybridized carbons (Fsp3) is 0.625. The van der Waals surface area contributed by atoms with E-state index in [9.17, 15) is 0 Å². The van der Waals surface area contributed by atoms with E-state index in [1.807, 2.05) is 7.05 Å². The van der Waals surface area contributed by atoms with Gasteiger partial charge in [-0.3, -0.25) is 9.89 Å². The molecule has 5 nitrogen and oxygen atoms in total. The van der Waals surface area contributed by atoms with E-state index in [0.29, 0.717) is 12.0 Å². The first-order valence-electron chi connectivity index (χ1n) is 11.1. The summed E-state index contributed by atoms with van der Waals surface area (Å²) in [6, 6.07) is 9.27. The summed E-state index contributed by atoms with van der Waals surface area (Å²) < 4.78 is 6.16. The van der Waals surface area contributed by atoms with Crippen LogP contribution in [0.25, 0.3) is 0 Å². The van der Waals surface area contributed by atoms with Crippen molar-refractivity contribution in [2.75, 3.05) is 39.8 Å². The lowest BCUT2D eigenvalue weighted by atomic mass is 9.89. The highest BCUT2D eigenvalue weighted by Gasteiger charge is 2.28. The maximum atomic E-state index is 6.16. The zero-order valence-corrected chi connectivity index (χ0v) is 21.2. The molecule has 2 unspecified atom stereocenters. The van der Waals surface area contributed by atoms with Gasteiger partial charge in [-0.1, -0.05) is 42.0 Å². The van der Waals surface area contributed by atoms with E-state index in [4.69, 9.17) is 4.74 Å². The van der Waals surface area contributed by atoms with Crippen LogP contribution < -0.4 is 10.6 Å². The van der Waals surface area contributed by atoms with Crippen molar-refractivity contribution >= 4 is 29.9 Å². The van der Waals surface area contributed by atoms with E-state index in [1.165, 1.54) is 23.1 Å². The molecule has 168 valence electrons. The predicted octanol–water partition coefficient (Wildman–Crippen LogP) is 4.29. The van der Waals surface area contributed by atoms with E-state index in [0.717, 1.165) is 58.0 Å². The van der Waals surface area contributed by atoms with Gasteiger partial charge in [0, 0.05) is 51.8 Å². The molecule has 2 fully saturated rings. The van der Waals surface area contributed by atoms with Gasteiger partial charge < -0.3 is 15.4 Å². The number of aliphatic imine (C=N–C) groups is 1. The summed E-state index contributed by atoms with van der Waals surface area (Å²) in [7, 11) is 1.86. The fourth-order valence-electron chi connectivity index (χ4n) is 4.41. The molecule has 2 saturated heterocycles. The van der Waals surface area contributed by atoms with Gasteiger partial charge in [-0.25, -0.2) is 0 Å². The molecule has 2 aliphatic rings. The normalized spacial score (nSPS) is 23.5. The molecule has 2 heterocycles. The van der Waals surface area contributed by atoms with Crippen LogP contribution in [0.1, 0.15) is 49.8 Å². The smallest absolute Gasteiger partial charge is 0.191 e. The molecule has 2 aliphatic heterocycles. The highest BCUT2D eigenvalue weighted by molar-refractivity contribution is 14.0. The predicted molar refractivity (Wildman–Crippen MR) is 137 cm³/mol. The third kappa shape index (κ3) is 7.54. The molecular weight excluding hydrogens is 487 g/mol. The number of rotatable bonds is 6. The third-order valence-electron chi connectivity index (χ3n) is 6.03. The first-order chi connectivity index (χ1) is 14.0. The van der Waals surface area contributed by atoms with Crippen molar-refractivity contribution in [2.45, 2.75) is 51.7 Å². The molecule has 0 spiro atoms. The molecule has 2 atom stereocenters. The average Bonchev–Trinajstić information content (AvgIpc) is 2.73. The van der Waals surface area contributed by atoms with Crippen LogP contribution in [-0.2, 0) is 4.74 Å². The SMILES string of the molecule is C=C(C)CN1CCC(NC(=NC)NCC2CCCOC2c2ccc(C)cc2)CC1.I. The molecule has 6 heteroatoms. The lowest BCUT2D eigenvalue weighted by molar-refractivity contribution is -0.0265. The molecule has 1 aromatic rings.